The second kappa shape index (κ2) is 8.13. The van der Waals surface area contributed by atoms with Gasteiger partial charge in [-0.25, -0.2) is 14.6 Å². The molecule has 0 amide bonds. The third-order valence-corrected chi connectivity index (χ3v) is 6.15. The largest absolute Gasteiger partial charge is 0.334 e. The minimum atomic E-state index is 0.723. The number of fused-ring (bicyclic) bond motifs is 1. The molecule has 148 valence electrons. The van der Waals surface area contributed by atoms with Crippen LogP contribution in [0.25, 0.3) is 11.5 Å². The number of aryl methyl sites for hydroxylation is 1. The third kappa shape index (κ3) is 4.42. The zero-order chi connectivity index (χ0) is 18.8. The van der Waals surface area contributed by atoms with Crippen molar-refractivity contribution >= 4 is 0 Å². The van der Waals surface area contributed by atoms with Crippen LogP contribution >= 0.6 is 0 Å². The number of rotatable bonds is 6. The van der Waals surface area contributed by atoms with Crippen LogP contribution in [0, 0.1) is 11.8 Å². The lowest BCUT2D eigenvalue weighted by Gasteiger charge is -2.19. The molecule has 3 heterocycles. The summed E-state index contributed by atoms with van der Waals surface area (Å²) in [6.45, 7) is 5.21. The van der Waals surface area contributed by atoms with Gasteiger partial charge in [-0.3, -0.25) is 0 Å². The molecule has 1 saturated carbocycles. The summed E-state index contributed by atoms with van der Waals surface area (Å²) in [5.41, 5.74) is 1.00. The van der Waals surface area contributed by atoms with E-state index >= 15 is 0 Å². The topological polar surface area (TPSA) is 51.8 Å². The Morgan fingerprint density at radius 3 is 2.70 bits per heavy atom. The second-order valence-electron chi connectivity index (χ2n) is 8.92. The van der Waals surface area contributed by atoms with Gasteiger partial charge in [0.2, 0.25) is 0 Å². The zero-order valence-electron chi connectivity index (χ0n) is 17.2. The molecule has 1 unspecified atom stereocenters. The van der Waals surface area contributed by atoms with Crippen molar-refractivity contribution in [2.45, 2.75) is 71.4 Å². The zero-order valence-corrected chi connectivity index (χ0v) is 17.2. The molecule has 27 heavy (non-hydrogen) atoms. The van der Waals surface area contributed by atoms with E-state index < -0.39 is 0 Å². The van der Waals surface area contributed by atoms with Crippen LogP contribution in [0.2, 0.25) is 0 Å². The molecule has 2 aromatic rings. The molecule has 0 saturated heterocycles. The lowest BCUT2D eigenvalue weighted by atomic mass is 9.87. The van der Waals surface area contributed by atoms with Crippen LogP contribution in [0.3, 0.4) is 0 Å². The smallest absolute Gasteiger partial charge is 0.178 e. The first-order chi connectivity index (χ1) is 13.1. The maximum Gasteiger partial charge on any atom is 0.178 e. The summed E-state index contributed by atoms with van der Waals surface area (Å²) in [6, 6.07) is 0. The molecule has 4 rings (SSSR count). The molecule has 2 aliphatic rings. The second-order valence-corrected chi connectivity index (χ2v) is 8.92. The molecule has 1 aliphatic carbocycles. The summed E-state index contributed by atoms with van der Waals surface area (Å²) in [5, 5.41) is 4.90. The summed E-state index contributed by atoms with van der Waals surface area (Å²) in [6.07, 6.45) is 12.3. The Morgan fingerprint density at radius 1 is 1.11 bits per heavy atom. The quantitative estimate of drug-likeness (QED) is 0.782. The summed E-state index contributed by atoms with van der Waals surface area (Å²) < 4.78 is 4.41. The Balaban J connectivity index is 1.59. The van der Waals surface area contributed by atoms with E-state index in [-0.39, 0.29) is 0 Å². The molecular weight excluding hydrogens is 336 g/mol. The summed E-state index contributed by atoms with van der Waals surface area (Å²) >= 11 is 0. The Bertz CT molecular complexity index is 753. The minimum absolute atomic E-state index is 0.723. The SMILES string of the molecule is CC1CCn2cc(-c3nc(CC4CCCCC4)nn3CCN(C)C)nc2C1. The van der Waals surface area contributed by atoms with Crippen molar-refractivity contribution in [1.29, 1.82) is 0 Å². The number of hydrogen-bond acceptors (Lipinski definition) is 4. The third-order valence-electron chi connectivity index (χ3n) is 6.15. The Kier molecular flexibility index (Phi) is 5.62. The number of hydrogen-bond donors (Lipinski definition) is 0. The maximum atomic E-state index is 4.97. The van der Waals surface area contributed by atoms with Crippen molar-refractivity contribution in [2.75, 3.05) is 20.6 Å². The molecule has 1 fully saturated rings. The van der Waals surface area contributed by atoms with E-state index in [4.69, 9.17) is 15.1 Å². The fraction of sp³-hybridized carbons (Fsp3) is 0.762. The van der Waals surface area contributed by atoms with Gasteiger partial charge in [0.1, 0.15) is 11.5 Å². The predicted molar refractivity (Wildman–Crippen MR) is 108 cm³/mol. The van der Waals surface area contributed by atoms with Gasteiger partial charge in [-0.2, -0.15) is 5.10 Å². The highest BCUT2D eigenvalue weighted by Gasteiger charge is 2.23. The van der Waals surface area contributed by atoms with Crippen molar-refractivity contribution in [2.24, 2.45) is 11.8 Å². The molecule has 6 nitrogen and oxygen atoms in total. The summed E-state index contributed by atoms with van der Waals surface area (Å²) in [7, 11) is 4.21. The number of imidazole rings is 1. The minimum Gasteiger partial charge on any atom is -0.334 e. The Hall–Kier alpha value is -1.69. The van der Waals surface area contributed by atoms with Crippen molar-refractivity contribution in [3.8, 4) is 11.5 Å². The van der Waals surface area contributed by atoms with Gasteiger partial charge in [-0.05, 0) is 32.4 Å². The average Bonchev–Trinajstić information content (AvgIpc) is 3.24. The van der Waals surface area contributed by atoms with E-state index in [1.807, 2.05) is 0 Å². The fourth-order valence-electron chi connectivity index (χ4n) is 4.46. The molecule has 0 radical (unpaired) electrons. The van der Waals surface area contributed by atoms with Crippen molar-refractivity contribution in [1.82, 2.24) is 29.2 Å². The van der Waals surface area contributed by atoms with Crippen LogP contribution in [0.4, 0.5) is 0 Å². The van der Waals surface area contributed by atoms with Gasteiger partial charge in [-0.1, -0.05) is 39.0 Å². The van der Waals surface area contributed by atoms with Crippen LogP contribution in [0.1, 0.15) is 57.1 Å². The molecule has 1 atom stereocenters. The first kappa shape index (κ1) is 18.7. The monoisotopic (exact) mass is 370 g/mol. The van der Waals surface area contributed by atoms with Crippen molar-refractivity contribution in [3.63, 3.8) is 0 Å². The highest BCUT2D eigenvalue weighted by atomic mass is 15.4. The first-order valence-electron chi connectivity index (χ1n) is 10.7. The van der Waals surface area contributed by atoms with Crippen LogP contribution in [0.5, 0.6) is 0 Å². The molecular formula is C21H34N6. The van der Waals surface area contributed by atoms with Crippen molar-refractivity contribution < 1.29 is 0 Å². The van der Waals surface area contributed by atoms with E-state index in [1.54, 1.807) is 0 Å². The Morgan fingerprint density at radius 2 is 1.93 bits per heavy atom. The van der Waals surface area contributed by atoms with E-state index in [1.165, 1.54) is 44.3 Å². The highest BCUT2D eigenvalue weighted by molar-refractivity contribution is 5.49. The summed E-state index contributed by atoms with van der Waals surface area (Å²) in [4.78, 5) is 12.1. The first-order valence-corrected chi connectivity index (χ1v) is 10.7. The predicted octanol–water partition coefficient (Wildman–Crippen LogP) is 3.41. The normalized spacial score (nSPS) is 21.0. The average molecular weight is 371 g/mol. The standard InChI is InChI=1S/C21H34N6/c1-16-9-10-26-15-18(22-20(26)13-16)21-23-19(14-17-7-5-4-6-8-17)24-27(21)12-11-25(2)3/h15-17H,4-14H2,1-3H3. The fourth-order valence-corrected chi connectivity index (χ4v) is 4.46. The van der Waals surface area contributed by atoms with E-state index in [0.29, 0.717) is 0 Å². The van der Waals surface area contributed by atoms with Gasteiger partial charge in [0.25, 0.3) is 0 Å². The lowest BCUT2D eigenvalue weighted by Crippen LogP contribution is -2.19. The van der Waals surface area contributed by atoms with Gasteiger partial charge in [0.15, 0.2) is 11.6 Å². The molecule has 0 aromatic carbocycles. The van der Waals surface area contributed by atoms with E-state index in [2.05, 4.69) is 41.4 Å². The number of aromatic nitrogens is 5. The number of nitrogens with zero attached hydrogens (tertiary/aromatic N) is 6. The van der Waals surface area contributed by atoms with Crippen LogP contribution in [0.15, 0.2) is 6.20 Å². The molecule has 0 spiro atoms. The molecule has 0 N–H and O–H groups in total. The Labute approximate surface area is 163 Å². The van der Waals surface area contributed by atoms with E-state index in [9.17, 15) is 0 Å². The molecule has 1 aliphatic heterocycles. The lowest BCUT2D eigenvalue weighted by molar-refractivity contribution is 0.348. The molecule has 2 aromatic heterocycles. The van der Waals surface area contributed by atoms with Crippen LogP contribution in [-0.4, -0.2) is 49.9 Å². The summed E-state index contributed by atoms with van der Waals surface area (Å²) in [5.74, 6) is 4.65. The van der Waals surface area contributed by atoms with Crippen LogP contribution < -0.4 is 0 Å². The van der Waals surface area contributed by atoms with Crippen molar-refractivity contribution in [3.05, 3.63) is 17.8 Å². The van der Waals surface area contributed by atoms with Crippen LogP contribution in [-0.2, 0) is 25.9 Å². The van der Waals surface area contributed by atoms with Gasteiger partial charge in [-0.15, -0.1) is 0 Å². The van der Waals surface area contributed by atoms with Gasteiger partial charge in [0.05, 0.1) is 6.54 Å². The number of likely N-dealkylation sites (N-methyl/N-ethyl adjacent to an activating group) is 1. The highest BCUT2D eigenvalue weighted by Crippen LogP contribution is 2.28. The molecule has 0 bridgehead atoms. The van der Waals surface area contributed by atoms with E-state index in [0.717, 1.165) is 61.7 Å². The maximum absolute atomic E-state index is 4.97. The van der Waals surface area contributed by atoms with Gasteiger partial charge in [0, 0.05) is 32.1 Å². The van der Waals surface area contributed by atoms with Gasteiger partial charge >= 0.3 is 0 Å². The van der Waals surface area contributed by atoms with Gasteiger partial charge < -0.3 is 9.47 Å². The molecule has 6 heteroatoms.